The van der Waals surface area contributed by atoms with Crippen molar-refractivity contribution in [3.8, 4) is 0 Å². The van der Waals surface area contributed by atoms with E-state index in [1.54, 1.807) is 6.92 Å². The van der Waals surface area contributed by atoms with Crippen LogP contribution in [0, 0.1) is 0 Å². The van der Waals surface area contributed by atoms with Gasteiger partial charge in [-0.05, 0) is 25.8 Å². The average Bonchev–Trinajstić information content (AvgIpc) is 2.46. The Morgan fingerprint density at radius 2 is 1.79 bits per heavy atom. The maximum absolute atomic E-state index is 12.1. The molecule has 0 aromatic rings. The highest BCUT2D eigenvalue weighted by molar-refractivity contribution is 5.77. The van der Waals surface area contributed by atoms with E-state index in [1.807, 2.05) is 9.80 Å². The highest BCUT2D eigenvalue weighted by atomic mass is 16.2. The van der Waals surface area contributed by atoms with Crippen LogP contribution in [0.25, 0.3) is 0 Å². The first-order valence-electron chi connectivity index (χ1n) is 7.43. The number of amides is 2. The molecular weight excluding hydrogens is 242 g/mol. The first-order chi connectivity index (χ1) is 9.16. The van der Waals surface area contributed by atoms with E-state index in [2.05, 4.69) is 5.32 Å². The summed E-state index contributed by atoms with van der Waals surface area (Å²) in [4.78, 5) is 27.1. The number of nitrogens with zero attached hydrogens (tertiary/aromatic N) is 2. The second kappa shape index (κ2) is 6.89. The molecule has 2 saturated heterocycles. The van der Waals surface area contributed by atoms with Crippen molar-refractivity contribution in [3.63, 3.8) is 0 Å². The Morgan fingerprint density at radius 3 is 2.37 bits per heavy atom. The molecule has 5 nitrogen and oxygen atoms in total. The number of hydrogen-bond donors (Lipinski definition) is 1. The van der Waals surface area contributed by atoms with Gasteiger partial charge in [0.15, 0.2) is 0 Å². The summed E-state index contributed by atoms with van der Waals surface area (Å²) in [7, 11) is 0. The summed E-state index contributed by atoms with van der Waals surface area (Å²) in [5, 5.41) is 3.48. The van der Waals surface area contributed by atoms with Gasteiger partial charge in [0.05, 0.1) is 0 Å². The van der Waals surface area contributed by atoms with E-state index >= 15 is 0 Å². The SMILES string of the molecule is CC(=O)N1CCN(C(=O)CCC2CCCCN2)CC1. The minimum absolute atomic E-state index is 0.110. The fourth-order valence-corrected chi connectivity index (χ4v) is 2.90. The molecular formula is C14H25N3O2. The molecule has 1 unspecified atom stereocenters. The second-order valence-electron chi connectivity index (χ2n) is 5.57. The molecule has 0 aromatic heterocycles. The van der Waals surface area contributed by atoms with E-state index < -0.39 is 0 Å². The lowest BCUT2D eigenvalue weighted by molar-refractivity contribution is -0.138. The average molecular weight is 267 g/mol. The Bertz CT molecular complexity index is 319. The zero-order valence-electron chi connectivity index (χ0n) is 11.9. The van der Waals surface area contributed by atoms with Crippen molar-refractivity contribution in [2.75, 3.05) is 32.7 Å². The summed E-state index contributed by atoms with van der Waals surface area (Å²) in [6.45, 7) is 5.43. The van der Waals surface area contributed by atoms with E-state index in [0.717, 1.165) is 13.0 Å². The Balaban J connectivity index is 1.67. The molecule has 0 radical (unpaired) electrons. The molecule has 2 amide bonds. The minimum atomic E-state index is 0.110. The van der Waals surface area contributed by atoms with Gasteiger partial charge in [0, 0.05) is 45.6 Å². The number of carbonyl (C=O) groups is 2. The molecule has 2 fully saturated rings. The zero-order chi connectivity index (χ0) is 13.7. The van der Waals surface area contributed by atoms with E-state index in [0.29, 0.717) is 38.6 Å². The van der Waals surface area contributed by atoms with Crippen LogP contribution in [-0.2, 0) is 9.59 Å². The van der Waals surface area contributed by atoms with E-state index in [1.165, 1.54) is 19.3 Å². The van der Waals surface area contributed by atoms with Crippen LogP contribution in [0.5, 0.6) is 0 Å². The summed E-state index contributed by atoms with van der Waals surface area (Å²) in [5.41, 5.74) is 0. The van der Waals surface area contributed by atoms with Gasteiger partial charge in [-0.25, -0.2) is 0 Å². The molecule has 2 rings (SSSR count). The van der Waals surface area contributed by atoms with E-state index in [-0.39, 0.29) is 11.8 Å². The number of carbonyl (C=O) groups excluding carboxylic acids is 2. The molecule has 5 heteroatoms. The molecule has 2 aliphatic rings. The van der Waals surface area contributed by atoms with Gasteiger partial charge in [0.2, 0.25) is 11.8 Å². The van der Waals surface area contributed by atoms with Crippen LogP contribution in [-0.4, -0.2) is 60.4 Å². The lowest BCUT2D eigenvalue weighted by Crippen LogP contribution is -2.50. The second-order valence-corrected chi connectivity index (χ2v) is 5.57. The molecule has 1 N–H and O–H groups in total. The first-order valence-corrected chi connectivity index (χ1v) is 7.43. The van der Waals surface area contributed by atoms with Gasteiger partial charge in [0.25, 0.3) is 0 Å². The summed E-state index contributed by atoms with van der Waals surface area (Å²) in [5.74, 6) is 0.356. The summed E-state index contributed by atoms with van der Waals surface area (Å²) >= 11 is 0. The molecule has 2 heterocycles. The number of piperazine rings is 1. The highest BCUT2D eigenvalue weighted by Gasteiger charge is 2.23. The fourth-order valence-electron chi connectivity index (χ4n) is 2.90. The summed E-state index contributed by atoms with van der Waals surface area (Å²) in [6, 6.07) is 0.524. The highest BCUT2D eigenvalue weighted by Crippen LogP contribution is 2.13. The topological polar surface area (TPSA) is 52.7 Å². The van der Waals surface area contributed by atoms with Gasteiger partial charge >= 0.3 is 0 Å². The molecule has 108 valence electrons. The van der Waals surface area contributed by atoms with Gasteiger partial charge in [-0.2, -0.15) is 0 Å². The van der Waals surface area contributed by atoms with Gasteiger partial charge < -0.3 is 15.1 Å². The third-order valence-electron chi connectivity index (χ3n) is 4.20. The Hall–Kier alpha value is -1.10. The monoisotopic (exact) mass is 267 g/mol. The predicted molar refractivity (Wildman–Crippen MR) is 73.7 cm³/mol. The largest absolute Gasteiger partial charge is 0.339 e. The Morgan fingerprint density at radius 1 is 1.11 bits per heavy atom. The molecule has 0 bridgehead atoms. The number of nitrogens with one attached hydrogen (secondary N) is 1. The van der Waals surface area contributed by atoms with Crippen LogP contribution in [0.15, 0.2) is 0 Å². The summed E-state index contributed by atoms with van der Waals surface area (Å²) < 4.78 is 0. The molecule has 0 spiro atoms. The predicted octanol–water partition coefficient (Wildman–Crippen LogP) is 0.599. The van der Waals surface area contributed by atoms with Crippen LogP contribution in [0.1, 0.15) is 39.0 Å². The van der Waals surface area contributed by atoms with Crippen LogP contribution in [0.3, 0.4) is 0 Å². The van der Waals surface area contributed by atoms with Crippen molar-refractivity contribution in [1.82, 2.24) is 15.1 Å². The quantitative estimate of drug-likeness (QED) is 0.814. The first kappa shape index (κ1) is 14.3. The van der Waals surface area contributed by atoms with Crippen LogP contribution in [0.2, 0.25) is 0 Å². The van der Waals surface area contributed by atoms with Crippen LogP contribution in [0.4, 0.5) is 0 Å². The number of hydrogen-bond acceptors (Lipinski definition) is 3. The van der Waals surface area contributed by atoms with Crippen LogP contribution < -0.4 is 5.32 Å². The van der Waals surface area contributed by atoms with Gasteiger partial charge in [-0.1, -0.05) is 6.42 Å². The van der Waals surface area contributed by atoms with Crippen molar-refractivity contribution in [2.45, 2.75) is 45.1 Å². The lowest BCUT2D eigenvalue weighted by atomic mass is 10.0. The number of piperidine rings is 1. The maximum Gasteiger partial charge on any atom is 0.222 e. The maximum atomic E-state index is 12.1. The van der Waals surface area contributed by atoms with Crippen molar-refractivity contribution in [1.29, 1.82) is 0 Å². The third kappa shape index (κ3) is 4.20. The smallest absolute Gasteiger partial charge is 0.222 e. The standard InChI is InChI=1S/C14H25N3O2/c1-12(18)16-8-10-17(11-9-16)14(19)6-5-13-4-2-3-7-15-13/h13,15H,2-11H2,1H3. The third-order valence-corrected chi connectivity index (χ3v) is 4.20. The van der Waals surface area contributed by atoms with Crippen molar-refractivity contribution in [3.05, 3.63) is 0 Å². The van der Waals surface area contributed by atoms with E-state index in [4.69, 9.17) is 0 Å². The van der Waals surface area contributed by atoms with Crippen molar-refractivity contribution in [2.24, 2.45) is 0 Å². The Labute approximate surface area is 115 Å². The minimum Gasteiger partial charge on any atom is -0.339 e. The van der Waals surface area contributed by atoms with Gasteiger partial charge in [-0.3, -0.25) is 9.59 Å². The molecule has 0 aromatic carbocycles. The van der Waals surface area contributed by atoms with Crippen molar-refractivity contribution < 1.29 is 9.59 Å². The summed E-state index contributed by atoms with van der Waals surface area (Å²) in [6.07, 6.45) is 5.33. The van der Waals surface area contributed by atoms with Crippen molar-refractivity contribution >= 4 is 11.8 Å². The molecule has 0 aliphatic carbocycles. The number of rotatable bonds is 3. The lowest BCUT2D eigenvalue weighted by Gasteiger charge is -2.34. The fraction of sp³-hybridized carbons (Fsp3) is 0.857. The zero-order valence-corrected chi connectivity index (χ0v) is 11.9. The Kier molecular flexibility index (Phi) is 5.19. The molecule has 2 aliphatic heterocycles. The van der Waals surface area contributed by atoms with Gasteiger partial charge in [0.1, 0.15) is 0 Å². The molecule has 0 saturated carbocycles. The molecule has 19 heavy (non-hydrogen) atoms. The van der Waals surface area contributed by atoms with E-state index in [9.17, 15) is 9.59 Å². The normalized spacial score (nSPS) is 24.4. The van der Waals surface area contributed by atoms with Gasteiger partial charge in [-0.15, -0.1) is 0 Å². The molecule has 1 atom stereocenters. The van der Waals surface area contributed by atoms with Crippen LogP contribution >= 0.6 is 0 Å².